The Kier molecular flexibility index (Phi) is 7.60. The summed E-state index contributed by atoms with van der Waals surface area (Å²) >= 11 is 1.86. The summed E-state index contributed by atoms with van der Waals surface area (Å²) in [4.78, 5) is 0. The van der Waals surface area contributed by atoms with Gasteiger partial charge in [-0.15, -0.1) is 0 Å². The van der Waals surface area contributed by atoms with Crippen molar-refractivity contribution in [2.24, 2.45) is 0 Å². The Morgan fingerprint density at radius 2 is 1.94 bits per heavy atom. The fraction of sp³-hybridized carbons (Fsp3) is 1.00. The number of hydrogen-bond donors (Lipinski definition) is 1. The van der Waals surface area contributed by atoms with E-state index in [9.17, 15) is 8.42 Å². The Bertz CT molecular complexity index is 312. The van der Waals surface area contributed by atoms with Gasteiger partial charge in [-0.2, -0.15) is 11.8 Å². The monoisotopic (exact) mass is 294 g/mol. The molecule has 1 aliphatic heterocycles. The second-order valence-corrected chi connectivity index (χ2v) is 7.94. The highest BCUT2D eigenvalue weighted by molar-refractivity contribution is 7.99. The summed E-state index contributed by atoms with van der Waals surface area (Å²) in [5.41, 5.74) is 0. The predicted molar refractivity (Wildman–Crippen MR) is 79.7 cm³/mol. The molecular formula is C12H26N2O2S2. The molecule has 0 amide bonds. The summed E-state index contributed by atoms with van der Waals surface area (Å²) in [6.07, 6.45) is 5.80. The van der Waals surface area contributed by atoms with Crippen molar-refractivity contribution in [3.63, 3.8) is 0 Å². The van der Waals surface area contributed by atoms with Crippen LogP contribution >= 0.6 is 11.8 Å². The van der Waals surface area contributed by atoms with Gasteiger partial charge in [0.05, 0.1) is 5.75 Å². The summed E-state index contributed by atoms with van der Waals surface area (Å²) in [5, 5.41) is 3.86. The van der Waals surface area contributed by atoms with Crippen molar-refractivity contribution in [3.05, 3.63) is 0 Å². The van der Waals surface area contributed by atoms with Gasteiger partial charge in [0.25, 0.3) is 0 Å². The molecule has 1 fully saturated rings. The Labute approximate surface area is 116 Å². The van der Waals surface area contributed by atoms with Crippen LogP contribution in [0.1, 0.15) is 32.6 Å². The summed E-state index contributed by atoms with van der Waals surface area (Å²) in [5.74, 6) is 0.308. The molecule has 1 aliphatic rings. The lowest BCUT2D eigenvalue weighted by Gasteiger charge is -2.30. The van der Waals surface area contributed by atoms with Crippen molar-refractivity contribution in [1.82, 2.24) is 9.62 Å². The van der Waals surface area contributed by atoms with Gasteiger partial charge in [0.1, 0.15) is 0 Å². The van der Waals surface area contributed by atoms with Crippen LogP contribution in [0.4, 0.5) is 0 Å². The molecule has 1 N–H and O–H groups in total. The van der Waals surface area contributed by atoms with Crippen molar-refractivity contribution in [2.45, 2.75) is 37.9 Å². The highest BCUT2D eigenvalue weighted by Crippen LogP contribution is 2.23. The van der Waals surface area contributed by atoms with Gasteiger partial charge in [-0.05, 0) is 45.0 Å². The van der Waals surface area contributed by atoms with E-state index in [1.165, 1.54) is 0 Å². The predicted octanol–water partition coefficient (Wildman–Crippen LogP) is 1.53. The van der Waals surface area contributed by atoms with Crippen LogP contribution in [0.25, 0.3) is 0 Å². The zero-order valence-electron chi connectivity index (χ0n) is 11.5. The van der Waals surface area contributed by atoms with Crippen LogP contribution in [0.2, 0.25) is 0 Å². The summed E-state index contributed by atoms with van der Waals surface area (Å²) in [6, 6.07) is 0. The Hall–Kier alpha value is 0.220. The molecule has 1 rings (SSSR count). The molecule has 0 aromatic carbocycles. The first kappa shape index (κ1) is 16.3. The van der Waals surface area contributed by atoms with Gasteiger partial charge in [0.2, 0.25) is 10.0 Å². The van der Waals surface area contributed by atoms with Crippen molar-refractivity contribution in [2.75, 3.05) is 38.2 Å². The third kappa shape index (κ3) is 5.47. The number of piperidine rings is 1. The first-order chi connectivity index (χ1) is 8.60. The lowest BCUT2D eigenvalue weighted by Crippen LogP contribution is -2.40. The van der Waals surface area contributed by atoms with E-state index in [0.717, 1.165) is 38.8 Å². The van der Waals surface area contributed by atoms with Gasteiger partial charge < -0.3 is 5.32 Å². The molecule has 0 saturated carbocycles. The van der Waals surface area contributed by atoms with Crippen molar-refractivity contribution in [1.29, 1.82) is 0 Å². The van der Waals surface area contributed by atoms with Crippen LogP contribution in [0.3, 0.4) is 0 Å². The Morgan fingerprint density at radius 3 is 2.50 bits per heavy atom. The molecule has 0 radical (unpaired) electrons. The minimum Gasteiger partial charge on any atom is -0.317 e. The van der Waals surface area contributed by atoms with E-state index in [1.807, 2.05) is 11.8 Å². The molecule has 1 saturated heterocycles. The average molecular weight is 294 g/mol. The van der Waals surface area contributed by atoms with E-state index < -0.39 is 10.0 Å². The quantitative estimate of drug-likeness (QED) is 0.690. The molecule has 0 atom stereocenters. The molecule has 1 heterocycles. The largest absolute Gasteiger partial charge is 0.317 e. The molecule has 0 aromatic rings. The SMILES string of the molecule is CCNCCCCS(=O)(=O)N1CCC(SC)CC1. The lowest BCUT2D eigenvalue weighted by atomic mass is 10.2. The summed E-state index contributed by atoms with van der Waals surface area (Å²) in [6.45, 7) is 5.35. The van der Waals surface area contributed by atoms with E-state index in [2.05, 4.69) is 18.5 Å². The van der Waals surface area contributed by atoms with Crippen molar-refractivity contribution >= 4 is 21.8 Å². The summed E-state index contributed by atoms with van der Waals surface area (Å²) in [7, 11) is -3.01. The van der Waals surface area contributed by atoms with E-state index >= 15 is 0 Å². The van der Waals surface area contributed by atoms with Gasteiger partial charge in [0, 0.05) is 18.3 Å². The number of unbranched alkanes of at least 4 members (excludes halogenated alkanes) is 1. The van der Waals surface area contributed by atoms with E-state index in [-0.39, 0.29) is 0 Å². The molecule has 0 aromatic heterocycles. The van der Waals surface area contributed by atoms with Crippen LogP contribution in [-0.2, 0) is 10.0 Å². The maximum absolute atomic E-state index is 12.1. The maximum Gasteiger partial charge on any atom is 0.214 e. The zero-order chi connectivity index (χ0) is 13.4. The lowest BCUT2D eigenvalue weighted by molar-refractivity contribution is 0.352. The minimum atomic E-state index is -3.01. The van der Waals surface area contributed by atoms with E-state index in [0.29, 0.717) is 24.1 Å². The second kappa shape index (κ2) is 8.40. The highest BCUT2D eigenvalue weighted by Gasteiger charge is 2.26. The zero-order valence-corrected chi connectivity index (χ0v) is 13.2. The van der Waals surface area contributed by atoms with Crippen LogP contribution in [-0.4, -0.2) is 56.2 Å². The Balaban J connectivity index is 2.26. The van der Waals surface area contributed by atoms with Crippen LogP contribution < -0.4 is 5.32 Å². The molecule has 108 valence electrons. The Morgan fingerprint density at radius 1 is 1.28 bits per heavy atom. The maximum atomic E-state index is 12.1. The van der Waals surface area contributed by atoms with E-state index in [4.69, 9.17) is 0 Å². The van der Waals surface area contributed by atoms with Crippen LogP contribution in [0.15, 0.2) is 0 Å². The van der Waals surface area contributed by atoms with Gasteiger partial charge in [0.15, 0.2) is 0 Å². The molecule has 0 aliphatic carbocycles. The molecule has 0 bridgehead atoms. The molecule has 18 heavy (non-hydrogen) atoms. The fourth-order valence-electron chi connectivity index (χ4n) is 2.19. The van der Waals surface area contributed by atoms with E-state index in [1.54, 1.807) is 4.31 Å². The number of rotatable bonds is 8. The van der Waals surface area contributed by atoms with Gasteiger partial charge in [-0.3, -0.25) is 0 Å². The van der Waals surface area contributed by atoms with Gasteiger partial charge >= 0.3 is 0 Å². The number of sulfonamides is 1. The fourth-order valence-corrected chi connectivity index (χ4v) is 4.46. The van der Waals surface area contributed by atoms with Crippen molar-refractivity contribution in [3.8, 4) is 0 Å². The first-order valence-corrected chi connectivity index (χ1v) is 9.71. The standard InChI is InChI=1S/C12H26N2O2S2/c1-3-13-8-4-5-11-18(15,16)14-9-6-12(17-2)7-10-14/h12-13H,3-11H2,1-2H3. The third-order valence-corrected chi connectivity index (χ3v) is 6.48. The van der Waals surface area contributed by atoms with Gasteiger partial charge in [-0.1, -0.05) is 6.92 Å². The second-order valence-electron chi connectivity index (χ2n) is 4.71. The first-order valence-electron chi connectivity index (χ1n) is 6.81. The molecule has 0 spiro atoms. The molecule has 6 heteroatoms. The molecule has 4 nitrogen and oxygen atoms in total. The summed E-state index contributed by atoms with van der Waals surface area (Å²) < 4.78 is 25.9. The van der Waals surface area contributed by atoms with Crippen LogP contribution in [0, 0.1) is 0 Å². The molecule has 0 unspecified atom stereocenters. The molecular weight excluding hydrogens is 268 g/mol. The van der Waals surface area contributed by atoms with Crippen molar-refractivity contribution < 1.29 is 8.42 Å². The normalized spacial score (nSPS) is 19.2. The minimum absolute atomic E-state index is 0.308. The number of hydrogen-bond acceptors (Lipinski definition) is 4. The number of nitrogens with zero attached hydrogens (tertiary/aromatic N) is 1. The smallest absolute Gasteiger partial charge is 0.214 e. The highest BCUT2D eigenvalue weighted by atomic mass is 32.2. The average Bonchev–Trinajstić information content (AvgIpc) is 2.38. The van der Waals surface area contributed by atoms with Gasteiger partial charge in [-0.25, -0.2) is 12.7 Å². The van der Waals surface area contributed by atoms with Crippen LogP contribution in [0.5, 0.6) is 0 Å². The third-order valence-electron chi connectivity index (χ3n) is 3.38. The number of thioether (sulfide) groups is 1. The number of nitrogens with one attached hydrogen (secondary N) is 1. The topological polar surface area (TPSA) is 49.4 Å².